The van der Waals surface area contributed by atoms with E-state index in [-0.39, 0.29) is 21.2 Å². The minimum absolute atomic E-state index is 0.0289. The second-order valence-corrected chi connectivity index (χ2v) is 5.04. The zero-order valence-corrected chi connectivity index (χ0v) is 11.5. The van der Waals surface area contributed by atoms with Crippen molar-refractivity contribution in [1.82, 2.24) is 0 Å². The smallest absolute Gasteiger partial charge is 0.160 e. The third-order valence-corrected chi connectivity index (χ3v) is 3.68. The minimum atomic E-state index is -1.11. The minimum Gasteiger partial charge on any atom is -0.207 e. The highest BCUT2D eigenvalue weighted by molar-refractivity contribution is 6.35. The fourth-order valence-corrected chi connectivity index (χ4v) is 2.69. The summed E-state index contributed by atoms with van der Waals surface area (Å²) in [7, 11) is 0. The normalized spacial score (nSPS) is 12.5. The fraction of sp³-hybridized carbons (Fsp3) is 0.0769. The molecule has 0 aliphatic carbocycles. The molecule has 2 aromatic rings. The maximum atomic E-state index is 13.7. The Bertz CT molecular complexity index is 609. The van der Waals surface area contributed by atoms with E-state index in [0.29, 0.717) is 0 Å². The molecule has 0 saturated carbocycles. The fourth-order valence-electron chi connectivity index (χ4n) is 1.64. The first-order chi connectivity index (χ1) is 8.91. The Kier molecular flexibility index (Phi) is 4.29. The molecule has 1 unspecified atom stereocenters. The molecule has 0 N–H and O–H groups in total. The number of rotatable bonds is 2. The van der Waals surface area contributed by atoms with Crippen molar-refractivity contribution in [3.63, 3.8) is 0 Å². The first-order valence-corrected chi connectivity index (χ1v) is 6.33. The van der Waals surface area contributed by atoms with Crippen LogP contribution in [0.2, 0.25) is 10.0 Å². The monoisotopic (exact) mass is 324 g/mol. The Hall–Kier alpha value is -0.900. The molecule has 1 atom stereocenters. The number of alkyl halides is 1. The summed E-state index contributed by atoms with van der Waals surface area (Å²) in [4.78, 5) is 0. The first kappa shape index (κ1) is 14.5. The van der Waals surface area contributed by atoms with E-state index in [2.05, 4.69) is 0 Å². The van der Waals surface area contributed by atoms with Gasteiger partial charge in [-0.2, -0.15) is 0 Å². The summed E-state index contributed by atoms with van der Waals surface area (Å²) < 4.78 is 39.9. The summed E-state index contributed by atoms with van der Waals surface area (Å²) in [6.45, 7) is 0. The van der Waals surface area contributed by atoms with Crippen molar-refractivity contribution in [2.24, 2.45) is 0 Å². The third-order valence-electron chi connectivity index (χ3n) is 2.57. The molecule has 0 saturated heterocycles. The Morgan fingerprint density at radius 2 is 1.47 bits per heavy atom. The molecular weight excluding hydrogens is 319 g/mol. The van der Waals surface area contributed by atoms with Gasteiger partial charge >= 0.3 is 0 Å². The molecule has 2 rings (SSSR count). The van der Waals surface area contributed by atoms with Gasteiger partial charge in [-0.15, -0.1) is 11.6 Å². The van der Waals surface area contributed by atoms with Crippen molar-refractivity contribution in [2.45, 2.75) is 5.38 Å². The van der Waals surface area contributed by atoms with Gasteiger partial charge in [0.1, 0.15) is 5.82 Å². The van der Waals surface area contributed by atoms with Gasteiger partial charge in [-0.1, -0.05) is 29.3 Å². The van der Waals surface area contributed by atoms with Crippen LogP contribution in [-0.2, 0) is 0 Å². The van der Waals surface area contributed by atoms with E-state index in [1.54, 1.807) is 0 Å². The molecule has 0 heterocycles. The van der Waals surface area contributed by atoms with Crippen LogP contribution < -0.4 is 0 Å². The molecule has 0 aliphatic heterocycles. The highest BCUT2D eigenvalue weighted by Crippen LogP contribution is 2.39. The van der Waals surface area contributed by atoms with Crippen LogP contribution >= 0.6 is 34.8 Å². The molecule has 0 amide bonds. The predicted octanol–water partition coefficient (Wildman–Crippen LogP) is 5.74. The first-order valence-electron chi connectivity index (χ1n) is 5.14. The van der Waals surface area contributed by atoms with Gasteiger partial charge in [0.2, 0.25) is 0 Å². The van der Waals surface area contributed by atoms with E-state index >= 15 is 0 Å². The summed E-state index contributed by atoms with van der Waals surface area (Å²) in [6, 6.07) is 5.65. The second-order valence-electron chi connectivity index (χ2n) is 3.79. The van der Waals surface area contributed by atoms with E-state index in [1.165, 1.54) is 18.2 Å². The van der Waals surface area contributed by atoms with Crippen LogP contribution in [0.3, 0.4) is 0 Å². The molecule has 100 valence electrons. The largest absolute Gasteiger partial charge is 0.207 e. The molecule has 0 bridgehead atoms. The van der Waals surface area contributed by atoms with Crippen LogP contribution in [0.15, 0.2) is 30.3 Å². The van der Waals surface area contributed by atoms with Crippen molar-refractivity contribution < 1.29 is 13.2 Å². The number of benzene rings is 2. The van der Waals surface area contributed by atoms with Gasteiger partial charge in [0, 0.05) is 15.6 Å². The van der Waals surface area contributed by atoms with Crippen LogP contribution in [-0.4, -0.2) is 0 Å². The SMILES string of the molecule is Fc1cc(Cl)c(C(Cl)c2c(F)cccc2Cl)cc1F. The maximum absolute atomic E-state index is 13.7. The van der Waals surface area contributed by atoms with Crippen molar-refractivity contribution in [3.05, 3.63) is 69.0 Å². The van der Waals surface area contributed by atoms with Gasteiger partial charge in [-0.3, -0.25) is 0 Å². The molecule has 6 heteroatoms. The van der Waals surface area contributed by atoms with E-state index in [4.69, 9.17) is 34.8 Å². The maximum Gasteiger partial charge on any atom is 0.160 e. The average molecular weight is 326 g/mol. The summed E-state index contributed by atoms with van der Waals surface area (Å²) in [5, 5.41) is -1.13. The van der Waals surface area contributed by atoms with Gasteiger partial charge in [-0.05, 0) is 29.8 Å². The predicted molar refractivity (Wildman–Crippen MR) is 70.5 cm³/mol. The van der Waals surface area contributed by atoms with E-state index in [9.17, 15) is 13.2 Å². The van der Waals surface area contributed by atoms with Gasteiger partial charge in [0.05, 0.1) is 5.38 Å². The van der Waals surface area contributed by atoms with Gasteiger partial charge in [-0.25, -0.2) is 13.2 Å². The highest BCUT2D eigenvalue weighted by atomic mass is 35.5. The van der Waals surface area contributed by atoms with Crippen molar-refractivity contribution in [3.8, 4) is 0 Å². The zero-order valence-electron chi connectivity index (χ0n) is 9.23. The van der Waals surface area contributed by atoms with Crippen molar-refractivity contribution in [2.75, 3.05) is 0 Å². The van der Waals surface area contributed by atoms with Gasteiger partial charge in [0.15, 0.2) is 11.6 Å². The lowest BCUT2D eigenvalue weighted by Crippen LogP contribution is -2.01. The molecule has 0 fully saturated rings. The Morgan fingerprint density at radius 1 is 0.842 bits per heavy atom. The van der Waals surface area contributed by atoms with Crippen LogP contribution in [0.25, 0.3) is 0 Å². The third kappa shape index (κ3) is 2.83. The van der Waals surface area contributed by atoms with Crippen LogP contribution in [0.1, 0.15) is 16.5 Å². The summed E-state index contributed by atoms with van der Waals surface area (Å²) >= 11 is 17.7. The number of halogens is 6. The van der Waals surface area contributed by atoms with Crippen molar-refractivity contribution >= 4 is 34.8 Å². The topological polar surface area (TPSA) is 0 Å². The van der Waals surface area contributed by atoms with Crippen LogP contribution in [0.5, 0.6) is 0 Å². The Morgan fingerprint density at radius 3 is 2.11 bits per heavy atom. The molecule has 0 aliphatic rings. The standard InChI is InChI=1S/C13H6Cl3F3/c14-7-2-1-3-9(17)12(7)13(16)6-4-10(18)11(19)5-8(6)15/h1-5,13H. The molecular formula is C13H6Cl3F3. The molecule has 19 heavy (non-hydrogen) atoms. The molecule has 0 spiro atoms. The average Bonchev–Trinajstić information content (AvgIpc) is 2.33. The van der Waals surface area contributed by atoms with E-state index in [0.717, 1.165) is 12.1 Å². The molecule has 2 aromatic carbocycles. The highest BCUT2D eigenvalue weighted by Gasteiger charge is 2.22. The van der Waals surface area contributed by atoms with Crippen LogP contribution in [0.4, 0.5) is 13.2 Å². The summed E-state index contributed by atoms with van der Waals surface area (Å²) in [5.41, 5.74) is 0.0213. The van der Waals surface area contributed by atoms with E-state index in [1.807, 2.05) is 0 Å². The zero-order chi connectivity index (χ0) is 14.2. The lowest BCUT2D eigenvalue weighted by atomic mass is 10.0. The van der Waals surface area contributed by atoms with Crippen molar-refractivity contribution in [1.29, 1.82) is 0 Å². The van der Waals surface area contributed by atoms with Gasteiger partial charge in [0.25, 0.3) is 0 Å². The molecule has 0 nitrogen and oxygen atoms in total. The Balaban J connectivity index is 2.56. The lowest BCUT2D eigenvalue weighted by Gasteiger charge is -2.15. The molecule has 0 aromatic heterocycles. The summed E-state index contributed by atoms with van der Waals surface area (Å²) in [5.74, 6) is -2.86. The number of hydrogen-bond donors (Lipinski definition) is 0. The lowest BCUT2D eigenvalue weighted by molar-refractivity contribution is 0.507. The quantitative estimate of drug-likeness (QED) is 0.488. The molecule has 0 radical (unpaired) electrons. The summed E-state index contributed by atoms with van der Waals surface area (Å²) in [6.07, 6.45) is 0. The van der Waals surface area contributed by atoms with E-state index < -0.39 is 22.8 Å². The number of hydrogen-bond acceptors (Lipinski definition) is 0. The second kappa shape index (κ2) is 5.61. The van der Waals surface area contributed by atoms with Crippen LogP contribution in [0, 0.1) is 17.5 Å². The Labute approximate surface area is 122 Å². The van der Waals surface area contributed by atoms with Gasteiger partial charge < -0.3 is 0 Å².